The first-order valence-electron chi connectivity index (χ1n) is 17.5. The monoisotopic (exact) mass is 621 g/mol. The van der Waals surface area contributed by atoms with Crippen LogP contribution in [0.5, 0.6) is 0 Å². The lowest BCUT2D eigenvalue weighted by Gasteiger charge is -2.28. The first kappa shape index (κ1) is 28.0. The summed E-state index contributed by atoms with van der Waals surface area (Å²) in [5.74, 6) is 0. The van der Waals surface area contributed by atoms with Crippen LogP contribution >= 0.6 is 0 Å². The van der Waals surface area contributed by atoms with Gasteiger partial charge in [-0.15, -0.1) is 0 Å². The largest absolute Gasteiger partial charge is 0.455 e. The van der Waals surface area contributed by atoms with Gasteiger partial charge >= 0.3 is 0 Å². The topological polar surface area (TPSA) is 16.4 Å². The van der Waals surface area contributed by atoms with Crippen LogP contribution in [0.4, 0.5) is 11.4 Å². The fourth-order valence-corrected chi connectivity index (χ4v) is 9.16. The zero-order chi connectivity index (χ0) is 32.4. The Morgan fingerprint density at radius 3 is 2.06 bits per heavy atom. The number of hydrogen-bond donors (Lipinski definition) is 0. The van der Waals surface area contributed by atoms with Gasteiger partial charge in [0.05, 0.1) is 0 Å². The van der Waals surface area contributed by atoms with Crippen molar-refractivity contribution in [3.63, 3.8) is 0 Å². The summed E-state index contributed by atoms with van der Waals surface area (Å²) < 4.78 is 6.91. The SMILES string of the molecule is CC1(C)c2ccccc2-c2ccc(N(CCCC3=CC3)c3ccc4oc5c6c(c7ccccc7c5c4c3)C(C)(C)c3ccccc3-6)cc21. The molecule has 0 amide bonds. The van der Waals surface area contributed by atoms with Crippen molar-refractivity contribution in [3.8, 4) is 22.3 Å². The molecule has 0 unspecified atom stereocenters. The van der Waals surface area contributed by atoms with Crippen molar-refractivity contribution < 1.29 is 4.42 Å². The summed E-state index contributed by atoms with van der Waals surface area (Å²) >= 11 is 0. The maximum Gasteiger partial charge on any atom is 0.144 e. The normalized spacial score (nSPS) is 16.1. The maximum atomic E-state index is 6.91. The van der Waals surface area contributed by atoms with Crippen LogP contribution in [0, 0.1) is 0 Å². The summed E-state index contributed by atoms with van der Waals surface area (Å²) in [7, 11) is 0. The van der Waals surface area contributed by atoms with Gasteiger partial charge in [-0.1, -0.05) is 118 Å². The van der Waals surface area contributed by atoms with Crippen LogP contribution in [-0.4, -0.2) is 6.54 Å². The van der Waals surface area contributed by atoms with Gasteiger partial charge in [0.15, 0.2) is 0 Å². The second-order valence-electron chi connectivity index (χ2n) is 15.2. The molecule has 0 saturated carbocycles. The van der Waals surface area contributed by atoms with E-state index >= 15 is 0 Å². The summed E-state index contributed by atoms with van der Waals surface area (Å²) in [4.78, 5) is 2.55. The highest BCUT2D eigenvalue weighted by Crippen LogP contribution is 2.56. The van der Waals surface area contributed by atoms with Crippen molar-refractivity contribution in [3.05, 3.63) is 143 Å². The highest BCUT2D eigenvalue weighted by Gasteiger charge is 2.40. The Hall–Kier alpha value is -5.08. The molecule has 0 fully saturated rings. The van der Waals surface area contributed by atoms with Crippen LogP contribution in [0.2, 0.25) is 0 Å². The van der Waals surface area contributed by atoms with Gasteiger partial charge in [-0.25, -0.2) is 0 Å². The molecule has 6 aromatic carbocycles. The molecule has 234 valence electrons. The molecule has 0 aliphatic heterocycles. The minimum absolute atomic E-state index is 0.0412. The summed E-state index contributed by atoms with van der Waals surface area (Å²) in [6, 6.07) is 40.8. The molecule has 2 nitrogen and oxygen atoms in total. The molecule has 10 rings (SSSR count). The van der Waals surface area contributed by atoms with Crippen molar-refractivity contribution >= 4 is 44.1 Å². The zero-order valence-corrected chi connectivity index (χ0v) is 28.2. The van der Waals surface area contributed by atoms with E-state index in [1.54, 1.807) is 5.57 Å². The Balaban J connectivity index is 1.18. The van der Waals surface area contributed by atoms with Crippen molar-refractivity contribution in [1.29, 1.82) is 0 Å². The molecule has 1 aromatic heterocycles. The number of rotatable bonds is 6. The van der Waals surface area contributed by atoms with Crippen LogP contribution in [0.1, 0.15) is 69.2 Å². The Morgan fingerprint density at radius 1 is 0.625 bits per heavy atom. The highest BCUT2D eigenvalue weighted by atomic mass is 16.3. The minimum atomic E-state index is -0.112. The van der Waals surface area contributed by atoms with E-state index in [4.69, 9.17) is 4.42 Å². The molecule has 2 heteroatoms. The predicted molar refractivity (Wildman–Crippen MR) is 202 cm³/mol. The molecule has 0 atom stereocenters. The van der Waals surface area contributed by atoms with Crippen LogP contribution in [0.25, 0.3) is 55.0 Å². The number of fused-ring (bicyclic) bond motifs is 13. The lowest BCUT2D eigenvalue weighted by molar-refractivity contribution is 0.657. The van der Waals surface area contributed by atoms with Crippen LogP contribution in [0.3, 0.4) is 0 Å². The van der Waals surface area contributed by atoms with Crippen LogP contribution in [0.15, 0.2) is 125 Å². The van der Waals surface area contributed by atoms with Gasteiger partial charge in [0.2, 0.25) is 0 Å². The van der Waals surface area contributed by atoms with Crippen molar-refractivity contribution in [2.75, 3.05) is 11.4 Å². The Bertz CT molecular complexity index is 2520. The number of benzene rings is 6. The maximum absolute atomic E-state index is 6.91. The molecular weight excluding hydrogens is 583 g/mol. The van der Waals surface area contributed by atoms with E-state index in [0.717, 1.165) is 24.1 Å². The number of allylic oxidation sites excluding steroid dienone is 2. The van der Waals surface area contributed by atoms with Crippen LogP contribution < -0.4 is 4.90 Å². The van der Waals surface area contributed by atoms with E-state index in [1.165, 1.54) is 90.3 Å². The molecule has 0 spiro atoms. The molecule has 1 heterocycles. The molecule has 7 aromatic rings. The van der Waals surface area contributed by atoms with E-state index < -0.39 is 0 Å². The number of hydrogen-bond acceptors (Lipinski definition) is 2. The highest BCUT2D eigenvalue weighted by molar-refractivity contribution is 6.25. The van der Waals surface area contributed by atoms with E-state index in [2.05, 4.69) is 148 Å². The Morgan fingerprint density at radius 2 is 1.27 bits per heavy atom. The summed E-state index contributed by atoms with van der Waals surface area (Å²) in [5, 5.41) is 5.01. The first-order valence-corrected chi connectivity index (χ1v) is 17.5. The predicted octanol–water partition coefficient (Wildman–Crippen LogP) is 12.6. The van der Waals surface area contributed by atoms with Gasteiger partial charge < -0.3 is 9.32 Å². The van der Waals surface area contributed by atoms with E-state index in [-0.39, 0.29) is 10.8 Å². The minimum Gasteiger partial charge on any atom is -0.455 e. The molecule has 48 heavy (non-hydrogen) atoms. The summed E-state index contributed by atoms with van der Waals surface area (Å²) in [6.45, 7) is 10.4. The standard InChI is InChI=1S/C46H39NO/c1-45(2)37-17-9-7-13-31(37)32-23-21-30(27-39(32)45)47(25-11-12-28-19-20-28)29-22-24-40-36(26-29)41-33-14-5-6-15-34(33)43-42(44(41)48-40)35-16-8-10-18-38(35)46(43,3)4/h5-10,13-19,21-24,26-27H,11-12,20,25H2,1-4H3. The second-order valence-corrected chi connectivity index (χ2v) is 15.2. The van der Waals surface area contributed by atoms with Gasteiger partial charge in [0.1, 0.15) is 11.2 Å². The van der Waals surface area contributed by atoms with Crippen LogP contribution in [-0.2, 0) is 10.8 Å². The summed E-state index contributed by atoms with van der Waals surface area (Å²) in [6.07, 6.45) is 5.85. The third-order valence-electron chi connectivity index (χ3n) is 11.7. The van der Waals surface area contributed by atoms with Crippen molar-refractivity contribution in [2.24, 2.45) is 0 Å². The molecule has 0 saturated heterocycles. The third-order valence-corrected chi connectivity index (χ3v) is 11.7. The van der Waals surface area contributed by atoms with Gasteiger partial charge in [0.25, 0.3) is 0 Å². The lowest BCUT2D eigenvalue weighted by Crippen LogP contribution is -2.20. The van der Waals surface area contributed by atoms with E-state index in [9.17, 15) is 0 Å². The quantitative estimate of drug-likeness (QED) is 0.172. The average Bonchev–Trinajstić information content (AvgIpc) is 3.75. The fraction of sp³-hybridized carbons (Fsp3) is 0.217. The lowest BCUT2D eigenvalue weighted by atomic mass is 9.79. The third kappa shape index (κ3) is 3.80. The van der Waals surface area contributed by atoms with Gasteiger partial charge in [0, 0.05) is 45.1 Å². The number of nitrogens with zero attached hydrogens (tertiary/aromatic N) is 1. The Labute approximate surface area is 282 Å². The molecule has 3 aliphatic carbocycles. The fourth-order valence-electron chi connectivity index (χ4n) is 9.16. The second kappa shape index (κ2) is 9.73. The number of furan rings is 1. The molecule has 0 radical (unpaired) electrons. The molecule has 0 bridgehead atoms. The number of anilines is 2. The molecule has 3 aliphatic rings. The molecular formula is C46H39NO. The van der Waals surface area contributed by atoms with Crippen molar-refractivity contribution in [1.82, 2.24) is 0 Å². The van der Waals surface area contributed by atoms with E-state index in [1.807, 2.05) is 0 Å². The molecule has 0 N–H and O–H groups in total. The zero-order valence-electron chi connectivity index (χ0n) is 28.2. The van der Waals surface area contributed by atoms with Gasteiger partial charge in [-0.3, -0.25) is 0 Å². The van der Waals surface area contributed by atoms with Gasteiger partial charge in [-0.2, -0.15) is 0 Å². The summed E-state index contributed by atoms with van der Waals surface area (Å²) in [5.41, 5.74) is 16.7. The first-order chi connectivity index (χ1) is 23.3. The van der Waals surface area contributed by atoms with E-state index in [0.29, 0.717) is 0 Å². The Kier molecular flexibility index (Phi) is 5.67. The van der Waals surface area contributed by atoms with Gasteiger partial charge in [-0.05, 0) is 99.3 Å². The average molecular weight is 622 g/mol. The van der Waals surface area contributed by atoms with Crippen molar-refractivity contribution in [2.45, 2.75) is 57.8 Å². The smallest absolute Gasteiger partial charge is 0.144 e.